The van der Waals surface area contributed by atoms with Gasteiger partial charge in [0, 0.05) is 11.8 Å². The minimum Gasteiger partial charge on any atom is -0.496 e. The Hall–Kier alpha value is -2.62. The van der Waals surface area contributed by atoms with Gasteiger partial charge in [-0.15, -0.1) is 0 Å². The number of hydrogen-bond donors (Lipinski definition) is 1. The molecule has 25 heavy (non-hydrogen) atoms. The first-order chi connectivity index (χ1) is 12.3. The number of nitrogens with zero attached hydrogens (tertiary/aromatic N) is 1. The average Bonchev–Trinajstić information content (AvgIpc) is 2.98. The van der Waals surface area contributed by atoms with Gasteiger partial charge in [-0.1, -0.05) is 25.3 Å². The molecule has 0 unspecified atom stereocenters. The molecule has 1 fully saturated rings. The molecule has 2 heterocycles. The number of aromatic nitrogens is 1. The third-order valence-electron chi connectivity index (χ3n) is 5.18. The maximum absolute atomic E-state index is 12.3. The van der Waals surface area contributed by atoms with Crippen LogP contribution in [0.15, 0.2) is 36.5 Å². The molecule has 1 aliphatic carbocycles. The first kappa shape index (κ1) is 15.9. The van der Waals surface area contributed by atoms with Crippen LogP contribution in [0.4, 0.5) is 5.82 Å². The normalized spacial score (nSPS) is 18.9. The highest BCUT2D eigenvalue weighted by Crippen LogP contribution is 2.39. The molecule has 128 valence electrons. The smallest absolute Gasteiger partial charge is 0.257 e. The quantitative estimate of drug-likeness (QED) is 0.833. The predicted molar refractivity (Wildman–Crippen MR) is 99.6 cm³/mol. The molecule has 1 aromatic heterocycles. The van der Waals surface area contributed by atoms with Crippen molar-refractivity contribution in [3.05, 3.63) is 53.2 Å². The molecular weight excluding hydrogens is 312 g/mol. The van der Waals surface area contributed by atoms with E-state index in [1.807, 2.05) is 30.3 Å². The molecule has 1 N–H and O–H groups in total. The maximum atomic E-state index is 12.3. The second-order valence-corrected chi connectivity index (χ2v) is 6.75. The van der Waals surface area contributed by atoms with Gasteiger partial charge in [-0.25, -0.2) is 4.98 Å². The van der Waals surface area contributed by atoms with E-state index in [9.17, 15) is 4.79 Å². The van der Waals surface area contributed by atoms with Gasteiger partial charge in [-0.3, -0.25) is 4.79 Å². The molecule has 0 saturated heterocycles. The molecule has 0 radical (unpaired) electrons. The van der Waals surface area contributed by atoms with Crippen molar-refractivity contribution >= 4 is 23.4 Å². The number of nitrogens with one attached hydrogen (secondary N) is 1. The Morgan fingerprint density at radius 1 is 1.20 bits per heavy atom. The maximum Gasteiger partial charge on any atom is 0.257 e. The topological polar surface area (TPSA) is 51.2 Å². The summed E-state index contributed by atoms with van der Waals surface area (Å²) in [5.41, 5.74) is 3.83. The fourth-order valence-corrected chi connectivity index (χ4v) is 3.90. The molecule has 0 atom stereocenters. The van der Waals surface area contributed by atoms with Crippen LogP contribution in [0.1, 0.15) is 54.7 Å². The van der Waals surface area contributed by atoms with E-state index < -0.39 is 0 Å². The molecule has 2 aromatic rings. The number of methoxy groups -OCH3 is 1. The lowest BCUT2D eigenvalue weighted by molar-refractivity contribution is -0.110. The van der Waals surface area contributed by atoms with Gasteiger partial charge in [0.1, 0.15) is 11.6 Å². The Morgan fingerprint density at radius 3 is 2.84 bits per heavy atom. The van der Waals surface area contributed by atoms with E-state index >= 15 is 0 Å². The first-order valence-electron chi connectivity index (χ1n) is 8.92. The molecule has 1 amide bonds. The van der Waals surface area contributed by atoms with Gasteiger partial charge in [-0.05, 0) is 60.2 Å². The molecule has 4 heteroatoms. The zero-order valence-electron chi connectivity index (χ0n) is 14.4. The number of fused-ring (bicyclic) bond motifs is 1. The summed E-state index contributed by atoms with van der Waals surface area (Å²) in [7, 11) is 1.73. The molecule has 4 nitrogen and oxygen atoms in total. The molecule has 1 aliphatic heterocycles. The van der Waals surface area contributed by atoms with Crippen molar-refractivity contribution in [1.29, 1.82) is 0 Å². The summed E-state index contributed by atoms with van der Waals surface area (Å²) in [6, 6.07) is 10.0. The summed E-state index contributed by atoms with van der Waals surface area (Å²) in [5.74, 6) is 2.05. The molecule has 4 rings (SSSR count). The van der Waals surface area contributed by atoms with Crippen LogP contribution < -0.4 is 10.1 Å². The lowest BCUT2D eigenvalue weighted by Gasteiger charge is -2.24. The molecule has 0 spiro atoms. The summed E-state index contributed by atoms with van der Waals surface area (Å²) in [5, 5.41) is 2.83. The van der Waals surface area contributed by atoms with Crippen molar-refractivity contribution < 1.29 is 9.53 Å². The van der Waals surface area contributed by atoms with Crippen LogP contribution in [-0.2, 0) is 4.79 Å². The molecular formula is C21H22N2O2. The Bertz CT molecular complexity index is 836. The molecule has 1 aromatic carbocycles. The van der Waals surface area contributed by atoms with E-state index in [0.717, 1.165) is 16.9 Å². The predicted octanol–water partition coefficient (Wildman–Crippen LogP) is 4.63. The van der Waals surface area contributed by atoms with Crippen LogP contribution in [0.25, 0.3) is 11.6 Å². The monoisotopic (exact) mass is 334 g/mol. The van der Waals surface area contributed by atoms with Gasteiger partial charge in [0.2, 0.25) is 0 Å². The number of hydrogen-bond acceptors (Lipinski definition) is 3. The third kappa shape index (κ3) is 3.04. The second-order valence-electron chi connectivity index (χ2n) is 6.75. The Labute approximate surface area is 147 Å². The molecule has 0 bridgehead atoms. The largest absolute Gasteiger partial charge is 0.496 e. The number of pyridine rings is 1. The van der Waals surface area contributed by atoms with Gasteiger partial charge < -0.3 is 10.1 Å². The summed E-state index contributed by atoms with van der Waals surface area (Å²) in [6.07, 6.45) is 9.95. The number of benzene rings is 1. The Balaban J connectivity index is 1.73. The van der Waals surface area contributed by atoms with E-state index in [4.69, 9.17) is 4.74 Å². The lowest BCUT2D eigenvalue weighted by atomic mass is 9.83. The van der Waals surface area contributed by atoms with Crippen LogP contribution in [0.2, 0.25) is 0 Å². The summed E-state index contributed by atoms with van der Waals surface area (Å²) in [6.45, 7) is 0. The van der Waals surface area contributed by atoms with Crippen molar-refractivity contribution in [3.8, 4) is 5.75 Å². The van der Waals surface area contributed by atoms with E-state index in [2.05, 4.69) is 16.4 Å². The number of rotatable bonds is 3. The summed E-state index contributed by atoms with van der Waals surface area (Å²) < 4.78 is 5.59. The minimum atomic E-state index is -0.0938. The minimum absolute atomic E-state index is 0.0938. The Morgan fingerprint density at radius 2 is 2.04 bits per heavy atom. The Kier molecular flexibility index (Phi) is 4.26. The highest BCUT2D eigenvalue weighted by atomic mass is 16.5. The van der Waals surface area contributed by atoms with E-state index in [0.29, 0.717) is 17.3 Å². The highest BCUT2D eigenvalue weighted by Gasteiger charge is 2.25. The van der Waals surface area contributed by atoms with Gasteiger partial charge in [0.15, 0.2) is 0 Å². The van der Waals surface area contributed by atoms with E-state index in [1.54, 1.807) is 13.3 Å². The van der Waals surface area contributed by atoms with Crippen LogP contribution >= 0.6 is 0 Å². The third-order valence-corrected chi connectivity index (χ3v) is 5.18. The summed E-state index contributed by atoms with van der Waals surface area (Å²) >= 11 is 0. The second kappa shape index (κ2) is 6.71. The standard InChI is InChI=1S/C21H22N2O2/c1-25-19-10-9-14(12-17(19)15-6-3-2-4-7-15)13-18-16-8-5-11-22-20(16)23-21(18)24/h5,8-13,15H,2-4,6-7H2,1H3,(H,22,23,24)/b18-13+. The van der Waals surface area contributed by atoms with Gasteiger partial charge in [0.05, 0.1) is 12.7 Å². The molecule has 1 saturated carbocycles. The fourth-order valence-electron chi connectivity index (χ4n) is 3.90. The van der Waals surface area contributed by atoms with Gasteiger partial charge >= 0.3 is 0 Å². The lowest BCUT2D eigenvalue weighted by Crippen LogP contribution is -2.07. The van der Waals surface area contributed by atoms with Crippen molar-refractivity contribution in [2.24, 2.45) is 0 Å². The van der Waals surface area contributed by atoms with Crippen LogP contribution in [-0.4, -0.2) is 18.0 Å². The fraction of sp³-hybridized carbons (Fsp3) is 0.333. The van der Waals surface area contributed by atoms with Crippen molar-refractivity contribution in [2.75, 3.05) is 12.4 Å². The number of carbonyl (C=O) groups is 1. The number of ether oxygens (including phenoxy) is 1. The van der Waals surface area contributed by atoms with Crippen molar-refractivity contribution in [3.63, 3.8) is 0 Å². The SMILES string of the molecule is COc1ccc(/C=C2/C(=O)Nc3ncccc32)cc1C1CCCCC1. The first-order valence-corrected chi connectivity index (χ1v) is 8.92. The summed E-state index contributed by atoms with van der Waals surface area (Å²) in [4.78, 5) is 16.5. The van der Waals surface area contributed by atoms with Crippen LogP contribution in [0.3, 0.4) is 0 Å². The zero-order chi connectivity index (χ0) is 17.2. The van der Waals surface area contributed by atoms with Gasteiger partial charge in [0.25, 0.3) is 5.91 Å². The number of anilines is 1. The number of amides is 1. The highest BCUT2D eigenvalue weighted by molar-refractivity contribution is 6.34. The van der Waals surface area contributed by atoms with Crippen LogP contribution in [0.5, 0.6) is 5.75 Å². The average molecular weight is 334 g/mol. The van der Waals surface area contributed by atoms with E-state index in [-0.39, 0.29) is 5.91 Å². The zero-order valence-corrected chi connectivity index (χ0v) is 14.4. The van der Waals surface area contributed by atoms with Crippen molar-refractivity contribution in [1.82, 2.24) is 4.98 Å². The van der Waals surface area contributed by atoms with Crippen molar-refractivity contribution in [2.45, 2.75) is 38.0 Å². The number of carbonyl (C=O) groups excluding carboxylic acids is 1. The molecule has 2 aliphatic rings. The van der Waals surface area contributed by atoms with E-state index in [1.165, 1.54) is 37.7 Å². The van der Waals surface area contributed by atoms with Crippen LogP contribution in [0, 0.1) is 0 Å². The van der Waals surface area contributed by atoms with Gasteiger partial charge in [-0.2, -0.15) is 0 Å².